The Labute approximate surface area is 184 Å². The zero-order chi connectivity index (χ0) is 22.1. The second-order valence-corrected chi connectivity index (χ2v) is 7.36. The maximum Gasteiger partial charge on any atom is 0.257 e. The fraction of sp³-hybridized carbons (Fsp3) is 0.500. The molecule has 1 aliphatic rings. The van der Waals surface area contributed by atoms with Gasteiger partial charge >= 0.3 is 0 Å². The lowest BCUT2D eigenvalue weighted by molar-refractivity contribution is 0.102. The third-order valence-electron chi connectivity index (χ3n) is 5.13. The van der Waals surface area contributed by atoms with Crippen LogP contribution in [0.4, 0.5) is 11.5 Å². The van der Waals surface area contributed by atoms with Gasteiger partial charge in [0.2, 0.25) is 5.75 Å². The fourth-order valence-electron chi connectivity index (χ4n) is 3.68. The van der Waals surface area contributed by atoms with Crippen LogP contribution in [0.2, 0.25) is 0 Å². The van der Waals surface area contributed by atoms with E-state index in [1.165, 1.54) is 25.7 Å². The number of hydrogen-bond donors (Lipinski definition) is 1. The summed E-state index contributed by atoms with van der Waals surface area (Å²) in [6.07, 6.45) is 6.82. The van der Waals surface area contributed by atoms with E-state index in [-0.39, 0.29) is 5.91 Å². The molecule has 1 fully saturated rings. The van der Waals surface area contributed by atoms with Crippen LogP contribution in [0.15, 0.2) is 30.5 Å². The van der Waals surface area contributed by atoms with Crippen LogP contribution in [0.5, 0.6) is 17.2 Å². The van der Waals surface area contributed by atoms with E-state index in [2.05, 4.69) is 15.2 Å². The van der Waals surface area contributed by atoms with E-state index in [1.807, 2.05) is 39.1 Å². The lowest BCUT2D eigenvalue weighted by atomic mass is 10.1. The topological polar surface area (TPSA) is 72.9 Å². The van der Waals surface area contributed by atoms with Crippen LogP contribution >= 0.6 is 0 Å². The monoisotopic (exact) mass is 427 g/mol. The van der Waals surface area contributed by atoms with E-state index >= 15 is 0 Å². The molecule has 0 spiro atoms. The predicted molar refractivity (Wildman–Crippen MR) is 123 cm³/mol. The second-order valence-electron chi connectivity index (χ2n) is 7.36. The summed E-state index contributed by atoms with van der Waals surface area (Å²) in [4.78, 5) is 19.7. The van der Waals surface area contributed by atoms with Gasteiger partial charge in [0, 0.05) is 18.7 Å². The van der Waals surface area contributed by atoms with Crippen LogP contribution in [-0.2, 0) is 0 Å². The largest absolute Gasteiger partial charge is 0.490 e. The van der Waals surface area contributed by atoms with Crippen molar-refractivity contribution in [2.75, 3.05) is 43.1 Å². The van der Waals surface area contributed by atoms with Gasteiger partial charge in [0.25, 0.3) is 5.91 Å². The predicted octanol–water partition coefficient (Wildman–Crippen LogP) is 4.91. The van der Waals surface area contributed by atoms with E-state index in [1.54, 1.807) is 12.1 Å². The van der Waals surface area contributed by atoms with Gasteiger partial charge in [0.1, 0.15) is 5.82 Å². The molecule has 0 aliphatic carbocycles. The minimum atomic E-state index is -0.278. The molecular formula is C24H33N3O4. The molecule has 1 amide bonds. The van der Waals surface area contributed by atoms with Gasteiger partial charge in [-0.25, -0.2) is 4.98 Å². The highest BCUT2D eigenvalue weighted by Crippen LogP contribution is 2.39. The fourth-order valence-corrected chi connectivity index (χ4v) is 3.68. The molecule has 1 aromatic heterocycles. The number of nitrogens with one attached hydrogen (secondary N) is 1. The van der Waals surface area contributed by atoms with E-state index < -0.39 is 0 Å². The third-order valence-corrected chi connectivity index (χ3v) is 5.13. The van der Waals surface area contributed by atoms with Crippen molar-refractivity contribution < 1.29 is 19.0 Å². The van der Waals surface area contributed by atoms with Gasteiger partial charge in [0.15, 0.2) is 11.5 Å². The zero-order valence-corrected chi connectivity index (χ0v) is 18.8. The highest BCUT2D eigenvalue weighted by molar-refractivity contribution is 6.04. The number of rotatable bonds is 9. The Balaban J connectivity index is 1.77. The highest BCUT2D eigenvalue weighted by atomic mass is 16.5. The van der Waals surface area contributed by atoms with Crippen molar-refractivity contribution in [2.24, 2.45) is 0 Å². The molecule has 1 aromatic carbocycles. The molecule has 1 N–H and O–H groups in total. The molecule has 1 aliphatic heterocycles. The average Bonchev–Trinajstić information content (AvgIpc) is 3.06. The number of aromatic nitrogens is 1. The minimum absolute atomic E-state index is 0.278. The molecule has 0 saturated carbocycles. The van der Waals surface area contributed by atoms with Crippen molar-refractivity contribution >= 4 is 17.4 Å². The summed E-state index contributed by atoms with van der Waals surface area (Å²) in [6.45, 7) is 9.16. The quantitative estimate of drug-likeness (QED) is 0.613. The Kier molecular flexibility index (Phi) is 8.38. The third kappa shape index (κ3) is 6.03. The van der Waals surface area contributed by atoms with Crippen LogP contribution in [0.3, 0.4) is 0 Å². The van der Waals surface area contributed by atoms with E-state index in [0.29, 0.717) is 48.5 Å². The number of pyridine rings is 1. The first-order chi connectivity index (χ1) is 15.2. The zero-order valence-electron chi connectivity index (χ0n) is 18.8. The van der Waals surface area contributed by atoms with Crippen LogP contribution in [0.25, 0.3) is 0 Å². The lowest BCUT2D eigenvalue weighted by Crippen LogP contribution is -2.24. The smallest absolute Gasteiger partial charge is 0.257 e. The first kappa shape index (κ1) is 22.7. The van der Waals surface area contributed by atoms with Crippen LogP contribution in [-0.4, -0.2) is 43.8 Å². The molecule has 2 heterocycles. The number of hydrogen-bond acceptors (Lipinski definition) is 6. The highest BCUT2D eigenvalue weighted by Gasteiger charge is 2.19. The van der Waals surface area contributed by atoms with Gasteiger partial charge in [-0.15, -0.1) is 0 Å². The summed E-state index contributed by atoms with van der Waals surface area (Å²) in [7, 11) is 0. The van der Waals surface area contributed by atoms with Gasteiger partial charge in [0.05, 0.1) is 31.7 Å². The summed E-state index contributed by atoms with van der Waals surface area (Å²) in [6, 6.07) is 7.22. The van der Waals surface area contributed by atoms with Crippen molar-refractivity contribution in [1.29, 1.82) is 0 Å². The van der Waals surface area contributed by atoms with Gasteiger partial charge in [-0.3, -0.25) is 4.79 Å². The van der Waals surface area contributed by atoms with Crippen molar-refractivity contribution in [3.05, 3.63) is 36.0 Å². The summed E-state index contributed by atoms with van der Waals surface area (Å²) in [5, 5.41) is 2.87. The minimum Gasteiger partial charge on any atom is -0.490 e. The van der Waals surface area contributed by atoms with Gasteiger partial charge < -0.3 is 24.4 Å². The normalized spacial score (nSPS) is 14.0. The van der Waals surface area contributed by atoms with E-state index in [0.717, 1.165) is 18.8 Å². The molecule has 2 aromatic rings. The second kappa shape index (κ2) is 11.4. The molecular weight excluding hydrogens is 394 g/mol. The number of carbonyl (C=O) groups is 1. The molecule has 1 saturated heterocycles. The molecule has 7 nitrogen and oxygen atoms in total. The van der Waals surface area contributed by atoms with Crippen molar-refractivity contribution in [3.8, 4) is 17.2 Å². The van der Waals surface area contributed by atoms with Crippen molar-refractivity contribution in [1.82, 2.24) is 4.98 Å². The van der Waals surface area contributed by atoms with Gasteiger partial charge in [-0.1, -0.05) is 12.8 Å². The van der Waals surface area contributed by atoms with Crippen LogP contribution in [0, 0.1) is 0 Å². The number of amides is 1. The molecule has 7 heteroatoms. The first-order valence-corrected chi connectivity index (χ1v) is 11.2. The summed E-state index contributed by atoms with van der Waals surface area (Å²) in [5.74, 6) is 1.73. The first-order valence-electron chi connectivity index (χ1n) is 11.2. The molecule has 0 unspecified atom stereocenters. The number of nitrogens with zero attached hydrogens (tertiary/aromatic N) is 2. The standard InChI is InChI=1S/C24H33N3O4/c1-4-29-20-15-18(16-21(30-5-2)23(20)31-6-3)24(28)26-22-12-11-19(17-25-22)27-13-9-7-8-10-14-27/h11-12,15-17H,4-10,13-14H2,1-3H3,(H,25,26,28). The Morgan fingerprint density at radius 3 is 2.06 bits per heavy atom. The Hall–Kier alpha value is -2.96. The summed E-state index contributed by atoms with van der Waals surface area (Å²) < 4.78 is 17.1. The van der Waals surface area contributed by atoms with Crippen molar-refractivity contribution in [3.63, 3.8) is 0 Å². The van der Waals surface area contributed by atoms with Crippen molar-refractivity contribution in [2.45, 2.75) is 46.5 Å². The Morgan fingerprint density at radius 1 is 0.935 bits per heavy atom. The van der Waals surface area contributed by atoms with Gasteiger partial charge in [-0.2, -0.15) is 0 Å². The SMILES string of the molecule is CCOc1cc(C(=O)Nc2ccc(N3CCCCCC3)cn2)cc(OCC)c1OCC. The number of anilines is 2. The summed E-state index contributed by atoms with van der Waals surface area (Å²) in [5.41, 5.74) is 1.52. The van der Waals surface area contributed by atoms with Crippen LogP contribution < -0.4 is 24.4 Å². The molecule has 168 valence electrons. The molecule has 0 bridgehead atoms. The maximum atomic E-state index is 12.9. The number of ether oxygens (including phenoxy) is 3. The maximum absolute atomic E-state index is 12.9. The van der Waals surface area contributed by atoms with E-state index in [4.69, 9.17) is 14.2 Å². The van der Waals surface area contributed by atoms with Gasteiger partial charge in [-0.05, 0) is 57.9 Å². The van der Waals surface area contributed by atoms with Crippen LogP contribution in [0.1, 0.15) is 56.8 Å². The molecule has 0 radical (unpaired) electrons. The Bertz CT molecular complexity index is 819. The Morgan fingerprint density at radius 2 is 1.55 bits per heavy atom. The lowest BCUT2D eigenvalue weighted by Gasteiger charge is -2.22. The number of carbonyl (C=O) groups excluding carboxylic acids is 1. The average molecular weight is 428 g/mol. The van der Waals surface area contributed by atoms with E-state index in [9.17, 15) is 4.79 Å². The molecule has 3 rings (SSSR count). The molecule has 31 heavy (non-hydrogen) atoms. The summed E-state index contributed by atoms with van der Waals surface area (Å²) >= 11 is 0. The number of benzene rings is 1. The molecule has 0 atom stereocenters.